The van der Waals surface area contributed by atoms with Crippen LogP contribution in [0.15, 0.2) is 29.2 Å². The first-order valence-electron chi connectivity index (χ1n) is 32.8. The van der Waals surface area contributed by atoms with Crippen LogP contribution in [-0.4, -0.2) is 145 Å². The number of unbranched alkanes of at least 4 members (excludes halogenated alkanes) is 12. The highest BCUT2D eigenvalue weighted by atomic mass is 31.2. The number of allylic oxidation sites excluding steroid dienone is 1. The molecule has 19 nitrogen and oxygen atoms in total. The third kappa shape index (κ3) is 32.4. The number of rotatable bonds is 41. The molecule has 0 saturated heterocycles. The Hall–Kier alpha value is -3.25. The van der Waals surface area contributed by atoms with E-state index in [0.717, 1.165) is 138 Å². The van der Waals surface area contributed by atoms with Crippen molar-refractivity contribution in [2.45, 2.75) is 279 Å². The highest BCUT2D eigenvalue weighted by Crippen LogP contribution is 2.67. The molecule has 0 aliphatic heterocycles. The predicted octanol–water partition coefficient (Wildman–Crippen LogP) is 17.0. The summed E-state index contributed by atoms with van der Waals surface area (Å²) in [6, 6.07) is 0. The molecule has 2 aromatic rings. The van der Waals surface area contributed by atoms with E-state index >= 15 is 0 Å². The Labute approximate surface area is 558 Å². The summed E-state index contributed by atoms with van der Waals surface area (Å²) in [6.45, 7) is 16.6. The molecule has 12 unspecified atom stereocenters. The summed E-state index contributed by atoms with van der Waals surface area (Å²) in [4.78, 5) is 27.6. The third-order valence-corrected chi connectivity index (χ3v) is 20.7. The number of ether oxygens (including phenoxy) is 4. The molecule has 0 amide bonds. The van der Waals surface area contributed by atoms with Crippen molar-refractivity contribution in [3.8, 4) is 0 Å². The van der Waals surface area contributed by atoms with Gasteiger partial charge in [0.2, 0.25) is 0 Å². The molecule has 2 aromatic heterocycles. The van der Waals surface area contributed by atoms with Crippen LogP contribution in [0.1, 0.15) is 252 Å². The lowest BCUT2D eigenvalue weighted by atomic mass is 9.47. The summed E-state index contributed by atoms with van der Waals surface area (Å²) in [5.74, 6) is 4.13. The van der Waals surface area contributed by atoms with Crippen molar-refractivity contribution < 1.29 is 47.3 Å². The molecule has 20 heteroatoms. The maximum Gasteiger partial charge on any atom is 0.305 e. The number of quaternary nitrogens is 1. The fourth-order valence-corrected chi connectivity index (χ4v) is 15.9. The van der Waals surface area contributed by atoms with Crippen LogP contribution in [0.3, 0.4) is 0 Å². The first-order chi connectivity index (χ1) is 40.2. The van der Waals surface area contributed by atoms with Gasteiger partial charge in [-0.15, -0.1) is 10.2 Å². The fraction of sp³-hybridized carbons (Fsp3) is 0.901. The number of fused-ring (bicyclic) bond motifs is 5. The van der Waals surface area contributed by atoms with E-state index in [-0.39, 0.29) is 82.2 Å². The van der Waals surface area contributed by atoms with Gasteiger partial charge in [0.05, 0.1) is 84.3 Å². The Kier molecular flexibility index (Phi) is 48.1. The van der Waals surface area contributed by atoms with E-state index in [2.05, 4.69) is 70.6 Å². The van der Waals surface area contributed by atoms with Crippen LogP contribution in [0.4, 0.5) is 0 Å². The van der Waals surface area contributed by atoms with E-state index in [1.54, 1.807) is 19.8 Å². The van der Waals surface area contributed by atoms with Crippen molar-refractivity contribution in [2.75, 3.05) is 87.6 Å². The van der Waals surface area contributed by atoms with E-state index in [1.165, 1.54) is 57.8 Å². The molecule has 1 N–H and O–H groups in total. The topological polar surface area (TPSA) is 234 Å². The Balaban J connectivity index is -0.00000449. The molecule has 0 aromatic carbocycles. The zero-order valence-corrected chi connectivity index (χ0v) is 54.9. The number of nitrogens with zero attached hydrogens (tertiary/aromatic N) is 10. The van der Waals surface area contributed by atoms with Crippen molar-refractivity contribution in [3.05, 3.63) is 45.9 Å². The zero-order chi connectivity index (χ0) is 61.0. The van der Waals surface area contributed by atoms with Gasteiger partial charge in [-0.1, -0.05) is 178 Å². The summed E-state index contributed by atoms with van der Waals surface area (Å²) in [5, 5.41) is 31.4. The first kappa shape index (κ1) is 91.9. The third-order valence-electron chi connectivity index (χ3n) is 19.3. The van der Waals surface area contributed by atoms with E-state index < -0.39 is 7.60 Å². The number of carbonyl (C=O) groups excluding carboxylic acids is 1. The molecule has 0 spiro atoms. The van der Waals surface area contributed by atoms with Crippen LogP contribution in [-0.2, 0) is 58.8 Å². The van der Waals surface area contributed by atoms with Crippen molar-refractivity contribution in [3.63, 3.8) is 0 Å². The van der Waals surface area contributed by atoms with Gasteiger partial charge in [-0.3, -0.25) is 9.48 Å². The number of azide groups is 1. The summed E-state index contributed by atoms with van der Waals surface area (Å²) in [5.41, 5.74) is 12.2. The van der Waals surface area contributed by atoms with E-state index in [4.69, 9.17) is 29.0 Å². The zero-order valence-electron chi connectivity index (χ0n) is 54.0. The number of aliphatic hydroxyl groups excluding tert-OH is 1. The van der Waals surface area contributed by atoms with E-state index in [1.807, 2.05) is 43.6 Å². The van der Waals surface area contributed by atoms with E-state index in [9.17, 15) is 19.4 Å². The molecule has 3 saturated carbocycles. The summed E-state index contributed by atoms with van der Waals surface area (Å²) < 4.78 is 44.1. The minimum absolute atomic E-state index is 0. The van der Waals surface area contributed by atoms with Gasteiger partial charge in [-0.2, -0.15) is 0 Å². The molecule has 0 bridgehead atoms. The molecular formula is C71H143N10O9P. The quantitative estimate of drug-likeness (QED) is 0.00955. The van der Waals surface area contributed by atoms with Crippen LogP contribution in [0.2, 0.25) is 0 Å². The lowest BCUT2D eigenvalue weighted by molar-refractivity contribution is -0.868. The average molecular weight is 1310 g/mol. The van der Waals surface area contributed by atoms with Crippen LogP contribution >= 0.6 is 7.60 Å². The van der Waals surface area contributed by atoms with Gasteiger partial charge >= 0.3 is 5.97 Å². The lowest BCUT2D eigenvalue weighted by Crippen LogP contribution is -2.50. The van der Waals surface area contributed by atoms with Crippen molar-refractivity contribution >= 4 is 13.6 Å². The molecule has 0 radical (unpaired) electrons. The van der Waals surface area contributed by atoms with Gasteiger partial charge in [0.25, 0.3) is 0 Å². The number of hydrogen-bond acceptors (Lipinski definition) is 14. The van der Waals surface area contributed by atoms with Crippen molar-refractivity contribution in [1.82, 2.24) is 30.0 Å². The summed E-state index contributed by atoms with van der Waals surface area (Å²) in [7, 11) is 5.54. The molecule has 3 fully saturated rings. The van der Waals surface area contributed by atoms with Crippen molar-refractivity contribution in [1.29, 1.82) is 0 Å². The van der Waals surface area contributed by atoms with Crippen molar-refractivity contribution in [2.24, 2.45) is 57.4 Å². The summed E-state index contributed by atoms with van der Waals surface area (Å²) in [6.07, 6.45) is 34.5. The van der Waals surface area contributed by atoms with Gasteiger partial charge in [0.1, 0.15) is 13.7 Å². The minimum Gasteiger partial charge on any atom is -0.778 e. The first-order valence-corrected chi connectivity index (χ1v) is 34.6. The van der Waals surface area contributed by atoms with Gasteiger partial charge in [-0.05, 0) is 154 Å². The number of hydrogen-bond donors (Lipinski definition) is 1. The fourth-order valence-electron chi connectivity index (χ4n) is 14.5. The number of aryl methyl sites for hydroxylation is 2. The highest BCUT2D eigenvalue weighted by molar-refractivity contribution is 7.51. The predicted molar refractivity (Wildman–Crippen MR) is 377 cm³/mol. The van der Waals surface area contributed by atoms with Crippen LogP contribution in [0.5, 0.6) is 0 Å². The number of aliphatic hydroxyl groups is 1. The smallest absolute Gasteiger partial charge is 0.305 e. The molecular weight excluding hydrogens is 1170 g/mol. The molecule has 536 valence electrons. The molecule has 6 rings (SSSR count). The Bertz CT molecular complexity index is 2310. The van der Waals surface area contributed by atoms with Gasteiger partial charge in [-0.25, -0.2) is 4.68 Å². The van der Waals surface area contributed by atoms with Gasteiger partial charge < -0.3 is 42.5 Å². The SMILES string of the molecule is C.C.C.C.C.C.C.COCC(C)CN=[N+]=[N-].COCC(Cn1cc(CCCCCCCCCOC(=O)CCC(C)C2CCC3C4CC=C5CC(O)CCC5(C)C4CCC23C)nn1)OCC(C)Cn1cc(CCCCCCCCCOP(=O)([O-])CC[N+](C)(C)C)nn1. The molecule has 12 atom stereocenters. The maximum atomic E-state index is 12.8. The monoisotopic (exact) mass is 1310 g/mol. The number of esters is 1. The van der Waals surface area contributed by atoms with E-state index in [0.29, 0.717) is 92.2 Å². The largest absolute Gasteiger partial charge is 0.778 e. The highest BCUT2D eigenvalue weighted by Gasteiger charge is 2.59. The standard InChI is InChI=1S/C59H104N7O8P.C5H11N3O.7CH4/c1-46(40-64-41-49(60-62-64)23-19-16-12-10-14-18-22-37-74-75(69,70)38-35-66(5,6)7)44-73-52(45-71-8)43-65-42-50(61-63-65)24-20-15-11-9-13-17-21-36-72-57(68)30-25-47(2)54-28-29-55-53-27-26-48-39-51(67)31-33-58(48,3)56(53)32-34-59(54,55)4;1-5(4-9-2)3-7-8-6;;;;;;;/h26,41-42,46-47,51-56,67H,9-25,27-40,43-45H2,1-8H3;5H,3-4H2,1-2H3;7*1H4. The van der Waals surface area contributed by atoms with Crippen LogP contribution in [0.25, 0.3) is 10.4 Å². The van der Waals surface area contributed by atoms with Crippen LogP contribution in [0, 0.1) is 52.3 Å². The minimum atomic E-state index is -3.74. The Morgan fingerprint density at radius 1 is 0.758 bits per heavy atom. The molecule has 2 heterocycles. The van der Waals surface area contributed by atoms with Crippen LogP contribution < -0.4 is 4.89 Å². The second-order valence-electron chi connectivity index (χ2n) is 27.6. The van der Waals surface area contributed by atoms with Gasteiger partial charge in [0, 0.05) is 57.6 Å². The number of methoxy groups -OCH3 is 2. The molecule has 4 aliphatic rings. The molecule has 91 heavy (non-hydrogen) atoms. The maximum absolute atomic E-state index is 12.8. The normalized spacial score (nSPS) is 23.2. The van der Waals surface area contributed by atoms with Gasteiger partial charge in [0.15, 0.2) is 0 Å². The number of carbonyl (C=O) groups is 1. The summed E-state index contributed by atoms with van der Waals surface area (Å²) >= 11 is 0. The Morgan fingerprint density at radius 2 is 1.32 bits per heavy atom. The molecule has 4 aliphatic carbocycles. The average Bonchev–Trinajstić information content (AvgIpc) is 1.71. The number of aromatic nitrogens is 6. The second kappa shape index (κ2) is 47.6. The lowest BCUT2D eigenvalue weighted by Gasteiger charge is -2.58. The second-order valence-corrected chi connectivity index (χ2v) is 29.5. The Morgan fingerprint density at radius 3 is 1.89 bits per heavy atom.